The first-order valence-corrected chi connectivity index (χ1v) is 6.52. The van der Waals surface area contributed by atoms with Gasteiger partial charge in [0.05, 0.1) is 0 Å². The van der Waals surface area contributed by atoms with Crippen molar-refractivity contribution in [3.8, 4) is 5.75 Å². The molecule has 0 unspecified atom stereocenters. The third-order valence-electron chi connectivity index (χ3n) is 3.22. The van der Waals surface area contributed by atoms with Gasteiger partial charge >= 0.3 is 0 Å². The molecular formula is C17H18O2. The van der Waals surface area contributed by atoms with Gasteiger partial charge in [-0.2, -0.15) is 0 Å². The first kappa shape index (κ1) is 13.4. The molecule has 0 amide bonds. The zero-order valence-electron chi connectivity index (χ0n) is 11.1. The van der Waals surface area contributed by atoms with E-state index in [4.69, 9.17) is 0 Å². The molecule has 0 saturated heterocycles. The summed E-state index contributed by atoms with van der Waals surface area (Å²) in [5.41, 5.74) is 7.64. The summed E-state index contributed by atoms with van der Waals surface area (Å²) in [6.07, 6.45) is 7.35. The van der Waals surface area contributed by atoms with Crippen LogP contribution in [0.5, 0.6) is 5.75 Å². The van der Waals surface area contributed by atoms with E-state index in [0.717, 1.165) is 23.1 Å². The average Bonchev–Trinajstić information content (AvgIpc) is 2.94. The molecule has 1 aliphatic rings. The van der Waals surface area contributed by atoms with E-state index in [-0.39, 0.29) is 12.4 Å². The van der Waals surface area contributed by atoms with Crippen LogP contribution in [0, 0.1) is 0 Å². The maximum Gasteiger partial charge on any atom is 0.115 e. The summed E-state index contributed by atoms with van der Waals surface area (Å²) >= 11 is 0. The maximum absolute atomic E-state index is 9.37. The van der Waals surface area contributed by atoms with E-state index in [9.17, 15) is 10.2 Å². The molecule has 0 radical (unpaired) electrons. The molecule has 1 aliphatic carbocycles. The molecule has 0 saturated carbocycles. The number of hydrogen-bond donors (Lipinski definition) is 2. The standard InChI is InChI=1S/C17H18O2/c1-2-16(14-7-9-15(19)10-8-14)17(11-12-18)13-5-3-4-6-13/h3-5,7-10,18-19H,2,11-12H2,1H3/b17-16-. The van der Waals surface area contributed by atoms with E-state index in [0.29, 0.717) is 6.42 Å². The highest BCUT2D eigenvalue weighted by molar-refractivity contribution is 5.74. The van der Waals surface area contributed by atoms with E-state index in [2.05, 4.69) is 12.7 Å². The van der Waals surface area contributed by atoms with Crippen LogP contribution in [-0.2, 0) is 0 Å². The van der Waals surface area contributed by atoms with Crippen LogP contribution < -0.4 is 0 Å². The van der Waals surface area contributed by atoms with Gasteiger partial charge in [-0.3, -0.25) is 0 Å². The third-order valence-corrected chi connectivity index (χ3v) is 3.22. The number of hydrogen-bond acceptors (Lipinski definition) is 2. The van der Waals surface area contributed by atoms with Gasteiger partial charge in [0, 0.05) is 12.2 Å². The molecule has 1 aromatic rings. The second-order valence-corrected chi connectivity index (χ2v) is 4.41. The van der Waals surface area contributed by atoms with Gasteiger partial charge in [-0.05, 0) is 53.8 Å². The van der Waals surface area contributed by atoms with Crippen LogP contribution in [-0.4, -0.2) is 16.8 Å². The van der Waals surface area contributed by atoms with Crippen molar-refractivity contribution in [3.63, 3.8) is 0 Å². The molecule has 0 bridgehead atoms. The molecular weight excluding hydrogens is 236 g/mol. The third kappa shape index (κ3) is 3.05. The summed E-state index contributed by atoms with van der Waals surface area (Å²) in [6, 6.07) is 7.20. The number of allylic oxidation sites excluding steroid dienone is 4. The Hall–Kier alpha value is -2.02. The first-order valence-electron chi connectivity index (χ1n) is 6.52. The first-order chi connectivity index (χ1) is 9.26. The Morgan fingerprint density at radius 1 is 1.16 bits per heavy atom. The number of aliphatic hydroxyl groups excluding tert-OH is 1. The number of phenols is 1. The van der Waals surface area contributed by atoms with E-state index in [1.165, 1.54) is 5.57 Å². The van der Waals surface area contributed by atoms with Gasteiger partial charge in [0.1, 0.15) is 5.75 Å². The Morgan fingerprint density at radius 2 is 1.89 bits per heavy atom. The topological polar surface area (TPSA) is 40.5 Å². The Bertz CT molecular complexity index is 568. The van der Waals surface area contributed by atoms with Crippen molar-refractivity contribution in [2.45, 2.75) is 19.8 Å². The smallest absolute Gasteiger partial charge is 0.115 e. The van der Waals surface area contributed by atoms with Crippen LogP contribution in [0.2, 0.25) is 0 Å². The van der Waals surface area contributed by atoms with Crippen LogP contribution in [0.25, 0.3) is 5.57 Å². The van der Waals surface area contributed by atoms with Crippen LogP contribution in [0.15, 0.2) is 59.4 Å². The van der Waals surface area contributed by atoms with Gasteiger partial charge in [-0.1, -0.05) is 25.1 Å². The summed E-state index contributed by atoms with van der Waals surface area (Å²) in [5.74, 6) is 0.266. The van der Waals surface area contributed by atoms with Crippen molar-refractivity contribution in [2.75, 3.05) is 6.61 Å². The molecule has 2 N–H and O–H groups in total. The molecule has 0 spiro atoms. The van der Waals surface area contributed by atoms with Gasteiger partial charge in [0.25, 0.3) is 0 Å². The van der Waals surface area contributed by atoms with Crippen LogP contribution >= 0.6 is 0 Å². The Morgan fingerprint density at radius 3 is 2.42 bits per heavy atom. The molecule has 1 aromatic carbocycles. The SMILES string of the molecule is CC/C(=C(\CCO)C1=C=CC=C1)c1ccc(O)cc1. The summed E-state index contributed by atoms with van der Waals surface area (Å²) in [7, 11) is 0. The predicted octanol–water partition coefficient (Wildman–Crippen LogP) is 3.59. The molecule has 0 aromatic heterocycles. The summed E-state index contributed by atoms with van der Waals surface area (Å²) in [6.45, 7) is 2.22. The average molecular weight is 254 g/mol. The van der Waals surface area contributed by atoms with Crippen LogP contribution in [0.4, 0.5) is 0 Å². The summed E-state index contributed by atoms with van der Waals surface area (Å²) in [5, 5.41) is 18.7. The second-order valence-electron chi connectivity index (χ2n) is 4.41. The predicted molar refractivity (Wildman–Crippen MR) is 77.8 cm³/mol. The largest absolute Gasteiger partial charge is 0.508 e. The molecule has 2 nitrogen and oxygen atoms in total. The van der Waals surface area contributed by atoms with E-state index < -0.39 is 0 Å². The number of phenolic OH excluding ortho intramolecular Hbond substituents is 1. The van der Waals surface area contributed by atoms with Crippen molar-refractivity contribution in [1.29, 1.82) is 0 Å². The van der Waals surface area contributed by atoms with Crippen LogP contribution in [0.3, 0.4) is 0 Å². The Balaban J connectivity index is 2.50. The van der Waals surface area contributed by atoms with Crippen molar-refractivity contribution in [2.24, 2.45) is 0 Å². The zero-order chi connectivity index (χ0) is 13.7. The van der Waals surface area contributed by atoms with E-state index in [1.807, 2.05) is 30.4 Å². The fourth-order valence-electron chi connectivity index (χ4n) is 2.33. The lowest BCUT2D eigenvalue weighted by atomic mass is 9.91. The monoisotopic (exact) mass is 254 g/mol. The Labute approximate surface area is 113 Å². The zero-order valence-corrected chi connectivity index (χ0v) is 11.1. The van der Waals surface area contributed by atoms with Gasteiger partial charge in [0.15, 0.2) is 0 Å². The van der Waals surface area contributed by atoms with E-state index >= 15 is 0 Å². The van der Waals surface area contributed by atoms with Gasteiger partial charge in [0.2, 0.25) is 0 Å². The molecule has 98 valence electrons. The fraction of sp³-hybridized carbons (Fsp3) is 0.235. The number of aliphatic hydroxyl groups is 1. The fourth-order valence-corrected chi connectivity index (χ4v) is 2.33. The molecule has 19 heavy (non-hydrogen) atoms. The minimum atomic E-state index is 0.121. The molecule has 2 heteroatoms. The van der Waals surface area contributed by atoms with Crippen molar-refractivity contribution < 1.29 is 10.2 Å². The highest BCUT2D eigenvalue weighted by atomic mass is 16.3. The lowest BCUT2D eigenvalue weighted by Gasteiger charge is -2.14. The number of rotatable bonds is 5. The minimum absolute atomic E-state index is 0.121. The van der Waals surface area contributed by atoms with Crippen molar-refractivity contribution in [3.05, 3.63) is 64.9 Å². The normalized spacial score (nSPS) is 14.5. The quantitative estimate of drug-likeness (QED) is 0.788. The summed E-state index contributed by atoms with van der Waals surface area (Å²) < 4.78 is 0. The van der Waals surface area contributed by atoms with E-state index in [1.54, 1.807) is 12.1 Å². The van der Waals surface area contributed by atoms with Crippen molar-refractivity contribution in [1.82, 2.24) is 0 Å². The molecule has 2 rings (SSSR count). The number of benzene rings is 1. The van der Waals surface area contributed by atoms with Gasteiger partial charge in [-0.25, -0.2) is 0 Å². The molecule has 0 atom stereocenters. The Kier molecular flexibility index (Phi) is 4.40. The minimum Gasteiger partial charge on any atom is -0.508 e. The second kappa shape index (κ2) is 6.24. The lowest BCUT2D eigenvalue weighted by molar-refractivity contribution is 0.300. The van der Waals surface area contributed by atoms with Gasteiger partial charge < -0.3 is 10.2 Å². The maximum atomic E-state index is 9.37. The number of aromatic hydroxyl groups is 1. The van der Waals surface area contributed by atoms with Crippen molar-refractivity contribution >= 4 is 5.57 Å². The van der Waals surface area contributed by atoms with Crippen LogP contribution in [0.1, 0.15) is 25.3 Å². The molecule has 0 heterocycles. The van der Waals surface area contributed by atoms with Gasteiger partial charge in [-0.15, -0.1) is 5.73 Å². The summed E-state index contributed by atoms with van der Waals surface area (Å²) in [4.78, 5) is 0. The highest BCUT2D eigenvalue weighted by Crippen LogP contribution is 2.30. The highest BCUT2D eigenvalue weighted by Gasteiger charge is 2.11. The molecule has 0 aliphatic heterocycles. The molecule has 0 fully saturated rings. The lowest BCUT2D eigenvalue weighted by Crippen LogP contribution is -1.97.